The van der Waals surface area contributed by atoms with Crippen molar-refractivity contribution in [3.63, 3.8) is 0 Å². The van der Waals surface area contributed by atoms with E-state index >= 15 is 0 Å². The molecule has 0 amide bonds. The first kappa shape index (κ1) is 25.2. The second kappa shape index (κ2) is 9.29. The number of alkyl halides is 6. The van der Waals surface area contributed by atoms with Gasteiger partial charge in [0, 0.05) is 22.8 Å². The summed E-state index contributed by atoms with van der Waals surface area (Å²) >= 11 is 0. The lowest BCUT2D eigenvalue weighted by Crippen LogP contribution is -2.09. The van der Waals surface area contributed by atoms with Gasteiger partial charge in [0.15, 0.2) is 0 Å². The molecule has 188 valence electrons. The first-order chi connectivity index (χ1) is 16.8. The molecule has 4 rings (SSSR count). The number of nitrogens with one attached hydrogen (secondary N) is 1. The molecule has 0 unspecified atom stereocenters. The monoisotopic (exact) mass is 505 g/mol. The molecule has 0 radical (unpaired) electrons. The second-order valence-corrected chi connectivity index (χ2v) is 8.66. The van der Waals surface area contributed by atoms with Gasteiger partial charge < -0.3 is 11.1 Å². The number of anilines is 3. The molecular weight excluding hydrogens is 484 g/mol. The molecule has 0 spiro atoms. The third-order valence-electron chi connectivity index (χ3n) is 5.39. The molecule has 11 heteroatoms. The fourth-order valence-electron chi connectivity index (χ4n) is 3.94. The van der Waals surface area contributed by atoms with Crippen LogP contribution in [0.15, 0.2) is 54.7 Å². The van der Waals surface area contributed by atoms with Gasteiger partial charge >= 0.3 is 12.4 Å². The van der Waals surface area contributed by atoms with Crippen molar-refractivity contribution in [1.82, 2.24) is 15.0 Å². The second-order valence-electron chi connectivity index (χ2n) is 8.66. The summed E-state index contributed by atoms with van der Waals surface area (Å²) in [4.78, 5) is 12.5. The molecule has 36 heavy (non-hydrogen) atoms. The summed E-state index contributed by atoms with van der Waals surface area (Å²) in [6.45, 7) is 3.89. The Kier molecular flexibility index (Phi) is 6.50. The molecule has 0 aliphatic heterocycles. The standard InChI is InChI=1S/C25H21F6N5/c1-13(2)10-14-11-15(21-18(25(29,30)31)4-3-9-33-21)12-19-20(14)22(36-23(32)35-19)34-17-7-5-16(6-8-17)24(26,27)28/h3-9,11-13H,10H2,1-2H3,(H3,32,34,35,36). The average Bonchev–Trinajstić information content (AvgIpc) is 2.77. The van der Waals surface area contributed by atoms with E-state index in [2.05, 4.69) is 20.3 Å². The number of nitrogens with two attached hydrogens (primary N) is 1. The molecule has 5 nitrogen and oxygen atoms in total. The van der Waals surface area contributed by atoms with E-state index in [9.17, 15) is 26.3 Å². The summed E-state index contributed by atoms with van der Waals surface area (Å²) < 4.78 is 79.8. The normalized spacial score (nSPS) is 12.4. The summed E-state index contributed by atoms with van der Waals surface area (Å²) in [5, 5.41) is 3.49. The van der Waals surface area contributed by atoms with Gasteiger partial charge in [-0.15, -0.1) is 0 Å². The number of rotatable bonds is 5. The highest BCUT2D eigenvalue weighted by Crippen LogP contribution is 2.39. The lowest BCUT2D eigenvalue weighted by molar-refractivity contribution is -0.138. The predicted molar refractivity (Wildman–Crippen MR) is 125 cm³/mol. The maximum Gasteiger partial charge on any atom is 0.418 e. The van der Waals surface area contributed by atoms with Crippen molar-refractivity contribution in [2.45, 2.75) is 32.6 Å². The third-order valence-corrected chi connectivity index (χ3v) is 5.39. The molecule has 0 aliphatic rings. The van der Waals surface area contributed by atoms with Crippen LogP contribution in [0.2, 0.25) is 0 Å². The van der Waals surface area contributed by atoms with E-state index < -0.39 is 23.5 Å². The van der Waals surface area contributed by atoms with Crippen LogP contribution in [-0.2, 0) is 18.8 Å². The van der Waals surface area contributed by atoms with Crippen molar-refractivity contribution in [3.05, 3.63) is 71.4 Å². The zero-order chi connectivity index (χ0) is 26.3. The highest BCUT2D eigenvalue weighted by molar-refractivity contribution is 5.97. The van der Waals surface area contributed by atoms with E-state index in [1.807, 2.05) is 13.8 Å². The number of aromatic nitrogens is 3. The Labute approximate surface area is 202 Å². The minimum absolute atomic E-state index is 0.116. The lowest BCUT2D eigenvalue weighted by atomic mass is 9.94. The SMILES string of the molecule is CC(C)Cc1cc(-c2ncccc2C(F)(F)F)cc2nc(N)nc(Nc3ccc(C(F)(F)F)cc3)c12. The van der Waals surface area contributed by atoms with Crippen molar-refractivity contribution in [2.75, 3.05) is 11.1 Å². The number of nitrogens with zero attached hydrogens (tertiary/aromatic N) is 3. The smallest absolute Gasteiger partial charge is 0.368 e. The molecule has 0 bridgehead atoms. The maximum atomic E-state index is 13.7. The predicted octanol–water partition coefficient (Wildman–Crippen LogP) is 7.25. The number of hydrogen-bond donors (Lipinski definition) is 2. The molecule has 0 saturated carbocycles. The van der Waals surface area contributed by atoms with Crippen LogP contribution in [0.1, 0.15) is 30.5 Å². The Bertz CT molecular complexity index is 1400. The number of pyridine rings is 1. The Balaban J connectivity index is 1.89. The topological polar surface area (TPSA) is 76.7 Å². The van der Waals surface area contributed by atoms with Crippen LogP contribution in [0.4, 0.5) is 43.8 Å². The first-order valence-electron chi connectivity index (χ1n) is 10.9. The van der Waals surface area contributed by atoms with E-state index in [-0.39, 0.29) is 34.5 Å². The van der Waals surface area contributed by atoms with Crippen LogP contribution in [0.5, 0.6) is 0 Å². The quantitative estimate of drug-likeness (QED) is 0.279. The van der Waals surface area contributed by atoms with Crippen LogP contribution < -0.4 is 11.1 Å². The van der Waals surface area contributed by atoms with E-state index in [0.29, 0.717) is 23.1 Å². The van der Waals surface area contributed by atoms with E-state index in [1.54, 1.807) is 6.07 Å². The molecule has 2 aromatic heterocycles. The Morgan fingerprint density at radius 1 is 0.917 bits per heavy atom. The van der Waals surface area contributed by atoms with Crippen LogP contribution >= 0.6 is 0 Å². The summed E-state index contributed by atoms with van der Waals surface area (Å²) in [5.41, 5.74) is 5.42. The molecule has 2 aromatic carbocycles. The van der Waals surface area contributed by atoms with Crippen LogP contribution in [0.3, 0.4) is 0 Å². The van der Waals surface area contributed by atoms with Gasteiger partial charge in [-0.2, -0.15) is 31.3 Å². The van der Waals surface area contributed by atoms with Gasteiger partial charge in [-0.05, 0) is 66.4 Å². The largest absolute Gasteiger partial charge is 0.418 e. The van der Waals surface area contributed by atoms with Crippen molar-refractivity contribution >= 4 is 28.4 Å². The van der Waals surface area contributed by atoms with Gasteiger partial charge in [-0.25, -0.2) is 4.98 Å². The molecule has 0 aliphatic carbocycles. The minimum Gasteiger partial charge on any atom is -0.368 e. The molecule has 0 atom stereocenters. The van der Waals surface area contributed by atoms with Crippen molar-refractivity contribution in [2.24, 2.45) is 5.92 Å². The summed E-state index contributed by atoms with van der Waals surface area (Å²) in [6.07, 6.45) is -7.35. The molecule has 0 saturated heterocycles. The highest BCUT2D eigenvalue weighted by atomic mass is 19.4. The van der Waals surface area contributed by atoms with Gasteiger partial charge in [0.05, 0.1) is 22.3 Å². The Morgan fingerprint density at radius 2 is 1.61 bits per heavy atom. The third kappa shape index (κ3) is 5.34. The minimum atomic E-state index is -4.61. The van der Waals surface area contributed by atoms with Crippen LogP contribution in [-0.4, -0.2) is 15.0 Å². The van der Waals surface area contributed by atoms with E-state index in [1.165, 1.54) is 30.5 Å². The summed E-state index contributed by atoms with van der Waals surface area (Å²) in [7, 11) is 0. The molecule has 3 N–H and O–H groups in total. The van der Waals surface area contributed by atoms with E-state index in [0.717, 1.165) is 18.2 Å². The Morgan fingerprint density at radius 3 is 2.22 bits per heavy atom. The van der Waals surface area contributed by atoms with Gasteiger partial charge in [0.1, 0.15) is 5.82 Å². The summed E-state index contributed by atoms with van der Waals surface area (Å²) in [6, 6.07) is 9.61. The van der Waals surface area contributed by atoms with Crippen LogP contribution in [0, 0.1) is 5.92 Å². The molecule has 2 heterocycles. The van der Waals surface area contributed by atoms with Crippen molar-refractivity contribution in [1.29, 1.82) is 0 Å². The Hall–Kier alpha value is -3.89. The number of benzene rings is 2. The fraction of sp³-hybridized carbons (Fsp3) is 0.240. The van der Waals surface area contributed by atoms with Gasteiger partial charge in [0.25, 0.3) is 0 Å². The molecule has 0 fully saturated rings. The van der Waals surface area contributed by atoms with Crippen molar-refractivity contribution < 1.29 is 26.3 Å². The van der Waals surface area contributed by atoms with Gasteiger partial charge in [-0.3, -0.25) is 4.98 Å². The van der Waals surface area contributed by atoms with Gasteiger partial charge in [0.2, 0.25) is 5.95 Å². The zero-order valence-corrected chi connectivity index (χ0v) is 19.2. The van der Waals surface area contributed by atoms with Gasteiger partial charge in [-0.1, -0.05) is 13.8 Å². The van der Waals surface area contributed by atoms with Crippen molar-refractivity contribution in [3.8, 4) is 11.3 Å². The maximum absolute atomic E-state index is 13.7. The first-order valence-corrected chi connectivity index (χ1v) is 10.9. The summed E-state index contributed by atoms with van der Waals surface area (Å²) in [5.74, 6) is 0.198. The number of halogens is 6. The lowest BCUT2D eigenvalue weighted by Gasteiger charge is -2.18. The average molecular weight is 505 g/mol. The molecular formula is C25H21F6N5. The number of fused-ring (bicyclic) bond motifs is 1. The zero-order valence-electron chi connectivity index (χ0n) is 19.2. The van der Waals surface area contributed by atoms with Crippen LogP contribution in [0.25, 0.3) is 22.2 Å². The molecule has 4 aromatic rings. The van der Waals surface area contributed by atoms with E-state index in [4.69, 9.17) is 5.73 Å². The number of hydrogen-bond acceptors (Lipinski definition) is 5. The highest BCUT2D eigenvalue weighted by Gasteiger charge is 2.34. The fourth-order valence-corrected chi connectivity index (χ4v) is 3.94. The number of nitrogen functional groups attached to an aromatic ring is 1.